The van der Waals surface area contributed by atoms with Gasteiger partial charge in [-0.05, 0) is 18.4 Å². The molecule has 0 aliphatic rings. The maximum Gasteiger partial charge on any atom is 0.490 e. The van der Waals surface area contributed by atoms with Crippen LogP contribution in [0.5, 0.6) is 5.75 Å². The minimum Gasteiger partial charge on any atom is -0.507 e. The maximum atomic E-state index is 12.2. The number of halogens is 3. The van der Waals surface area contributed by atoms with Crippen molar-refractivity contribution in [3.05, 3.63) is 42.0 Å². The van der Waals surface area contributed by atoms with Gasteiger partial charge in [-0.15, -0.1) is 0 Å². The van der Waals surface area contributed by atoms with E-state index in [-0.39, 0.29) is 5.75 Å². The highest BCUT2D eigenvalue weighted by atomic mass is 19.4. The molecule has 0 aliphatic carbocycles. The number of benzene rings is 2. The molecule has 2 aromatic rings. The summed E-state index contributed by atoms with van der Waals surface area (Å²) in [5.41, 5.74) is 0.318. The molecule has 3 nitrogen and oxygen atoms in total. The molecule has 0 spiro atoms. The number of fused-ring (bicyclic) bond motifs is 1. The van der Waals surface area contributed by atoms with Crippen LogP contribution in [0.2, 0.25) is 0 Å². The van der Waals surface area contributed by atoms with Crippen molar-refractivity contribution in [2.24, 2.45) is 0 Å². The van der Waals surface area contributed by atoms with Gasteiger partial charge in [0, 0.05) is 10.9 Å². The summed E-state index contributed by atoms with van der Waals surface area (Å²) in [5, 5.41) is 10.9. The van der Waals surface area contributed by atoms with Crippen LogP contribution in [0.4, 0.5) is 13.2 Å². The van der Waals surface area contributed by atoms with Crippen molar-refractivity contribution in [1.82, 2.24) is 0 Å². The molecular weight excluding hydrogens is 273 g/mol. The Morgan fingerprint density at radius 1 is 1.20 bits per heavy atom. The normalized spacial score (nSPS) is 13.2. The van der Waals surface area contributed by atoms with E-state index in [0.717, 1.165) is 0 Å². The van der Waals surface area contributed by atoms with Gasteiger partial charge in [-0.25, -0.2) is 4.79 Å². The Hall–Kier alpha value is -2.24. The van der Waals surface area contributed by atoms with Gasteiger partial charge in [0.1, 0.15) is 11.9 Å². The predicted molar refractivity (Wildman–Crippen MR) is 66.2 cm³/mol. The van der Waals surface area contributed by atoms with Crippen molar-refractivity contribution >= 4 is 16.7 Å². The number of carbonyl (C=O) groups is 1. The molecule has 1 unspecified atom stereocenters. The highest BCUT2D eigenvalue weighted by Gasteiger charge is 2.42. The van der Waals surface area contributed by atoms with Crippen LogP contribution in [0.1, 0.15) is 18.6 Å². The molecule has 0 fully saturated rings. The van der Waals surface area contributed by atoms with Crippen molar-refractivity contribution in [3.63, 3.8) is 0 Å². The summed E-state index contributed by atoms with van der Waals surface area (Å²) in [4.78, 5) is 10.9. The molecule has 0 heterocycles. The SMILES string of the molecule is CC(OC(=O)C(F)(F)F)c1cccc2cccc(O)c12. The number of phenols is 1. The van der Waals surface area contributed by atoms with Gasteiger partial charge in [0.15, 0.2) is 0 Å². The standard InChI is InChI=1S/C14H11F3O3/c1-8(20-13(19)14(15,16)17)10-6-2-4-9-5-3-7-11(18)12(9)10/h2-8,18H,1H3. The largest absolute Gasteiger partial charge is 0.507 e. The minimum atomic E-state index is -5.04. The molecule has 0 saturated carbocycles. The lowest BCUT2D eigenvalue weighted by atomic mass is 10.0. The number of phenolic OH excluding ortho intramolecular Hbond substituents is 1. The van der Waals surface area contributed by atoms with Crippen molar-refractivity contribution in [2.75, 3.05) is 0 Å². The van der Waals surface area contributed by atoms with E-state index in [1.807, 2.05) is 0 Å². The van der Waals surface area contributed by atoms with Gasteiger partial charge in [-0.2, -0.15) is 13.2 Å². The highest BCUT2D eigenvalue weighted by molar-refractivity contribution is 5.91. The number of rotatable bonds is 2. The van der Waals surface area contributed by atoms with Crippen LogP contribution in [0, 0.1) is 0 Å². The topological polar surface area (TPSA) is 46.5 Å². The van der Waals surface area contributed by atoms with Crippen molar-refractivity contribution in [2.45, 2.75) is 19.2 Å². The van der Waals surface area contributed by atoms with Gasteiger partial charge in [0.05, 0.1) is 0 Å². The first kappa shape index (κ1) is 14.2. The molecule has 106 valence electrons. The van der Waals surface area contributed by atoms with Gasteiger partial charge in [-0.1, -0.05) is 30.3 Å². The average Bonchev–Trinajstić information content (AvgIpc) is 2.37. The number of alkyl halides is 3. The summed E-state index contributed by atoms with van der Waals surface area (Å²) >= 11 is 0. The molecule has 0 aliphatic heterocycles. The fraction of sp³-hybridized carbons (Fsp3) is 0.214. The molecule has 1 N–H and O–H groups in total. The summed E-state index contributed by atoms with van der Waals surface area (Å²) in [6.07, 6.45) is -6.16. The van der Waals surface area contributed by atoms with Gasteiger partial charge < -0.3 is 9.84 Å². The molecule has 0 radical (unpaired) electrons. The van der Waals surface area contributed by atoms with E-state index in [0.29, 0.717) is 16.3 Å². The van der Waals surface area contributed by atoms with Crippen LogP contribution >= 0.6 is 0 Å². The first-order valence-corrected chi connectivity index (χ1v) is 5.79. The highest BCUT2D eigenvalue weighted by Crippen LogP contribution is 2.33. The monoisotopic (exact) mass is 284 g/mol. The number of ether oxygens (including phenoxy) is 1. The second kappa shape index (κ2) is 5.03. The Labute approximate surface area is 112 Å². The van der Waals surface area contributed by atoms with Gasteiger partial charge in [-0.3, -0.25) is 0 Å². The molecule has 2 aromatic carbocycles. The summed E-state index contributed by atoms with van der Waals surface area (Å²) in [7, 11) is 0. The predicted octanol–water partition coefficient (Wildman–Crippen LogP) is 3.71. The van der Waals surface area contributed by atoms with E-state index < -0.39 is 18.2 Å². The van der Waals surface area contributed by atoms with E-state index in [1.165, 1.54) is 19.1 Å². The van der Waals surface area contributed by atoms with E-state index in [9.17, 15) is 23.1 Å². The smallest absolute Gasteiger partial charge is 0.490 e. The van der Waals surface area contributed by atoms with E-state index >= 15 is 0 Å². The first-order chi connectivity index (χ1) is 9.30. The number of hydrogen-bond donors (Lipinski definition) is 1. The summed E-state index contributed by atoms with van der Waals surface area (Å²) in [5.74, 6) is -2.33. The summed E-state index contributed by atoms with van der Waals surface area (Å²) in [6.45, 7) is 1.32. The number of aromatic hydroxyl groups is 1. The number of hydrogen-bond acceptors (Lipinski definition) is 3. The quantitative estimate of drug-likeness (QED) is 0.855. The Morgan fingerprint density at radius 3 is 2.40 bits per heavy atom. The lowest BCUT2D eigenvalue weighted by Crippen LogP contribution is -2.26. The zero-order valence-electron chi connectivity index (χ0n) is 10.4. The van der Waals surface area contributed by atoms with Gasteiger partial charge in [0.25, 0.3) is 0 Å². The second-order valence-electron chi connectivity index (χ2n) is 4.27. The van der Waals surface area contributed by atoms with Gasteiger partial charge >= 0.3 is 12.1 Å². The van der Waals surface area contributed by atoms with Crippen LogP contribution in [0.3, 0.4) is 0 Å². The molecular formula is C14H11F3O3. The molecule has 2 rings (SSSR count). The van der Waals surface area contributed by atoms with Crippen LogP contribution in [0.25, 0.3) is 10.8 Å². The number of carbonyl (C=O) groups excluding carboxylic acids is 1. The Morgan fingerprint density at radius 2 is 1.80 bits per heavy atom. The van der Waals surface area contributed by atoms with Crippen LogP contribution < -0.4 is 0 Å². The number of esters is 1. The maximum absolute atomic E-state index is 12.2. The van der Waals surface area contributed by atoms with Crippen LogP contribution in [-0.2, 0) is 9.53 Å². The van der Waals surface area contributed by atoms with E-state index in [2.05, 4.69) is 4.74 Å². The fourth-order valence-electron chi connectivity index (χ4n) is 1.98. The zero-order valence-corrected chi connectivity index (χ0v) is 10.4. The Balaban J connectivity index is 2.41. The van der Waals surface area contributed by atoms with Crippen molar-refractivity contribution in [1.29, 1.82) is 0 Å². The first-order valence-electron chi connectivity index (χ1n) is 5.79. The molecule has 20 heavy (non-hydrogen) atoms. The Kier molecular flexibility index (Phi) is 3.57. The van der Waals surface area contributed by atoms with Crippen molar-refractivity contribution < 1.29 is 27.8 Å². The van der Waals surface area contributed by atoms with E-state index in [1.54, 1.807) is 24.3 Å². The molecule has 6 heteroatoms. The summed E-state index contributed by atoms with van der Waals surface area (Å²) in [6, 6.07) is 9.58. The summed E-state index contributed by atoms with van der Waals surface area (Å²) < 4.78 is 41.0. The molecule has 0 amide bonds. The molecule has 0 aromatic heterocycles. The molecule has 1 atom stereocenters. The zero-order chi connectivity index (χ0) is 14.9. The van der Waals surface area contributed by atoms with E-state index in [4.69, 9.17) is 0 Å². The molecule has 0 saturated heterocycles. The lowest BCUT2D eigenvalue weighted by Gasteiger charge is -2.17. The third-order valence-electron chi connectivity index (χ3n) is 2.87. The third kappa shape index (κ3) is 2.68. The fourth-order valence-corrected chi connectivity index (χ4v) is 1.98. The second-order valence-corrected chi connectivity index (χ2v) is 4.27. The van der Waals surface area contributed by atoms with Crippen LogP contribution in [-0.4, -0.2) is 17.3 Å². The van der Waals surface area contributed by atoms with Crippen LogP contribution in [0.15, 0.2) is 36.4 Å². The van der Waals surface area contributed by atoms with Gasteiger partial charge in [0.2, 0.25) is 0 Å². The third-order valence-corrected chi connectivity index (χ3v) is 2.87. The Bertz CT molecular complexity index is 644. The van der Waals surface area contributed by atoms with Crippen molar-refractivity contribution in [3.8, 4) is 5.75 Å². The lowest BCUT2D eigenvalue weighted by molar-refractivity contribution is -0.204. The average molecular weight is 284 g/mol. The minimum absolute atomic E-state index is 0.0759. The molecule has 0 bridgehead atoms.